The number of allylic oxidation sites excluding steroid dienone is 5. The zero-order chi connectivity index (χ0) is 52.2. The Bertz CT molecular complexity index is 2780. The number of hydrogen-bond donors (Lipinski definition) is 6. The van der Waals surface area contributed by atoms with E-state index in [1.54, 1.807) is 32.1 Å². The number of nitrogens with two attached hydrogens (primary N) is 2. The Kier molecular flexibility index (Phi) is 16.6. The minimum atomic E-state index is -1.91. The van der Waals surface area contributed by atoms with E-state index in [1.165, 1.54) is 30.0 Å². The van der Waals surface area contributed by atoms with Crippen LogP contribution in [0.25, 0.3) is 10.8 Å². The molecule has 0 saturated carbocycles. The summed E-state index contributed by atoms with van der Waals surface area (Å²) in [6.07, 6.45) is 12.6. The second-order valence-electron chi connectivity index (χ2n) is 21.2. The third-order valence-corrected chi connectivity index (χ3v) is 14.6. The lowest BCUT2D eigenvalue weighted by Gasteiger charge is -2.36. The number of hydrogen-bond acceptors (Lipinski definition) is 15. The molecule has 5 aliphatic heterocycles. The lowest BCUT2D eigenvalue weighted by molar-refractivity contribution is -0.159. The molecule has 5 aliphatic rings. The quantitative estimate of drug-likeness (QED) is 0.0514. The number of fused-ring (bicyclic) bond motifs is 13. The Morgan fingerprint density at radius 1 is 1.03 bits per heavy atom. The fraction of sp³-hybridized carbons (Fsp3) is 0.518. The molecule has 3 aromatic carbocycles. The highest BCUT2D eigenvalue weighted by molar-refractivity contribution is 6.19. The van der Waals surface area contributed by atoms with E-state index in [-0.39, 0.29) is 74.1 Å². The molecule has 8 N–H and O–H groups in total. The van der Waals surface area contributed by atoms with E-state index in [2.05, 4.69) is 36.2 Å². The molecule has 8 rings (SSSR count). The summed E-state index contributed by atoms with van der Waals surface area (Å²) in [6.45, 7) is 18.9. The standard InChI is InChI=1S/C56H75N7O9/c1-32(2)29-62-25-23-56(24-26-62)60-45-42-43-49(66)38(8)52-44(42)53(68)55(9,72-52)70-27-15-18-34(4)51(71-41(64)31-63(58)30-40(57)22-14-21-39-19-11-10-12-20-39)37(7)48(65)36(6)28-33(3)16-13-17-35(5)54(69)59-47(50(43)67)46(45)61-56/h10-13,15-17,19-20,27,30,32-34,36-37,48,51,65-67H,14,18,21-26,28-29,31,57-58H2,1-9H3,(H,59,69)/b16-13+,27-15+,35-17-,40-30-/t33?,34-,36-,37-,48?,51?,55+/m1/s1. The Morgan fingerprint density at radius 3 is 2.42 bits per heavy atom. The molecular formula is C56H75N7O9. The number of carbonyl (C=O) groups is 3. The average molecular weight is 990 g/mol. The summed E-state index contributed by atoms with van der Waals surface area (Å²) in [5.41, 5.74) is 7.64. The predicted octanol–water partition coefficient (Wildman–Crippen LogP) is 7.13. The number of anilines is 1. The molecule has 0 radical (unpaired) electrons. The van der Waals surface area contributed by atoms with Gasteiger partial charge in [0.05, 0.1) is 28.7 Å². The van der Waals surface area contributed by atoms with Crippen molar-refractivity contribution in [3.8, 4) is 17.2 Å². The number of amides is 1. The van der Waals surface area contributed by atoms with Crippen molar-refractivity contribution in [3.63, 3.8) is 0 Å². The molecule has 1 fully saturated rings. The number of phenolic OH excluding ortho intramolecular Hbond substituents is 2. The number of piperidine rings is 1. The van der Waals surface area contributed by atoms with Crippen molar-refractivity contribution in [2.24, 2.45) is 51.2 Å². The zero-order valence-electron chi connectivity index (χ0n) is 43.4. The third kappa shape index (κ3) is 11.7. The number of nitrogens with one attached hydrogen (secondary N) is 1. The molecule has 3 unspecified atom stereocenters. The number of hydrazine groups is 1. The zero-order valence-corrected chi connectivity index (χ0v) is 43.4. The topological polar surface area (TPSA) is 235 Å². The van der Waals surface area contributed by atoms with Crippen LogP contribution in [0.5, 0.6) is 17.2 Å². The van der Waals surface area contributed by atoms with Crippen molar-refractivity contribution < 1.29 is 43.9 Å². The second kappa shape index (κ2) is 22.3. The lowest BCUT2D eigenvalue weighted by Crippen LogP contribution is -2.43. The first kappa shape index (κ1) is 53.6. The van der Waals surface area contributed by atoms with Crippen LogP contribution in [0.1, 0.15) is 115 Å². The summed E-state index contributed by atoms with van der Waals surface area (Å²) in [6, 6.07) is 10.1. The highest BCUT2D eigenvalue weighted by Crippen LogP contribution is 2.50. The van der Waals surface area contributed by atoms with Crippen LogP contribution in [0, 0.1) is 36.5 Å². The fourth-order valence-electron chi connectivity index (χ4n) is 10.6. The van der Waals surface area contributed by atoms with Crippen LogP contribution < -0.4 is 32.3 Å². The summed E-state index contributed by atoms with van der Waals surface area (Å²) < 4.78 is 18.7. The number of rotatable bonds is 10. The van der Waals surface area contributed by atoms with Crippen LogP contribution in [-0.4, -0.2) is 92.7 Å². The summed E-state index contributed by atoms with van der Waals surface area (Å²) in [4.78, 5) is 55.2. The molecule has 5 bridgehead atoms. The number of ketones is 1. The SMILES string of the molecule is C/C1=C/C=C/C(C)C[C@@H](C)C(O)[C@@H](C)C(OC(=O)CN(N)/C=C(\N)CCCc2ccccc2)[C@H](C)C/C=C/O[C@@]2(C)Oc3c(C)c(O)c4c(O)c(c5c(c4c3C2=O)=NC2(CCN(CC(C)C)CC2)N=5)NC1=O. The highest BCUT2D eigenvalue weighted by Gasteiger charge is 2.50. The van der Waals surface area contributed by atoms with Crippen LogP contribution >= 0.6 is 0 Å². The van der Waals surface area contributed by atoms with Gasteiger partial charge in [0.1, 0.15) is 35.2 Å². The first-order valence-electron chi connectivity index (χ1n) is 25.5. The van der Waals surface area contributed by atoms with Gasteiger partial charge in [0.15, 0.2) is 11.4 Å². The number of ether oxygens (including phenoxy) is 3. The average Bonchev–Trinajstić information content (AvgIpc) is 3.83. The van der Waals surface area contributed by atoms with E-state index in [4.69, 9.17) is 35.8 Å². The number of aromatic hydroxyl groups is 2. The van der Waals surface area contributed by atoms with Gasteiger partial charge in [0.25, 0.3) is 11.7 Å². The van der Waals surface area contributed by atoms with Gasteiger partial charge >= 0.3 is 11.8 Å². The van der Waals surface area contributed by atoms with E-state index in [0.717, 1.165) is 19.4 Å². The van der Waals surface area contributed by atoms with Crippen LogP contribution in [-0.2, 0) is 25.5 Å². The van der Waals surface area contributed by atoms with Crippen molar-refractivity contribution in [2.75, 3.05) is 31.5 Å². The molecule has 0 aromatic heterocycles. The molecule has 388 valence electrons. The summed E-state index contributed by atoms with van der Waals surface area (Å²) in [5.74, 6) is 1.25. The Morgan fingerprint density at radius 2 is 1.72 bits per heavy atom. The number of phenols is 2. The molecule has 1 saturated heterocycles. The van der Waals surface area contributed by atoms with Crippen LogP contribution in [0.15, 0.2) is 88.4 Å². The number of aryl methyl sites for hydroxylation is 1. The molecule has 1 spiro atoms. The Balaban J connectivity index is 1.21. The van der Waals surface area contributed by atoms with Crippen molar-refractivity contribution in [1.82, 2.24) is 9.91 Å². The maximum Gasteiger partial charge on any atom is 0.327 e. The first-order valence-corrected chi connectivity index (χ1v) is 25.5. The number of aliphatic hydroxyl groups is 1. The number of benzene rings is 3. The smallest absolute Gasteiger partial charge is 0.327 e. The number of likely N-dealkylation sites (tertiary alicyclic amines) is 1. The van der Waals surface area contributed by atoms with Crippen molar-refractivity contribution in [3.05, 3.63) is 106 Å². The van der Waals surface area contributed by atoms with Crippen LogP contribution in [0.4, 0.5) is 5.69 Å². The predicted molar refractivity (Wildman–Crippen MR) is 277 cm³/mol. The third-order valence-electron chi connectivity index (χ3n) is 14.6. The highest BCUT2D eigenvalue weighted by atomic mass is 16.7. The van der Waals surface area contributed by atoms with Gasteiger partial charge in [-0.05, 0) is 81.3 Å². The molecule has 3 aromatic rings. The number of Topliss-reactive ketones (excluding diaryl/α,β-unsaturated/α-hetero) is 1. The minimum Gasteiger partial charge on any atom is -0.507 e. The molecule has 72 heavy (non-hydrogen) atoms. The van der Waals surface area contributed by atoms with Crippen molar-refractivity contribution >= 4 is 34.1 Å². The molecule has 0 aliphatic carbocycles. The van der Waals surface area contributed by atoms with Gasteiger partial charge in [-0.1, -0.05) is 90.1 Å². The number of carbonyl (C=O) groups excluding carboxylic acids is 3. The molecule has 5 heterocycles. The molecule has 7 atom stereocenters. The molecule has 16 nitrogen and oxygen atoms in total. The first-order chi connectivity index (χ1) is 34.1. The molecular weight excluding hydrogens is 915 g/mol. The molecule has 16 heteroatoms. The Hall–Kier alpha value is -6.23. The van der Waals surface area contributed by atoms with E-state index >= 15 is 0 Å². The van der Waals surface area contributed by atoms with Crippen molar-refractivity contribution in [2.45, 2.75) is 131 Å². The van der Waals surface area contributed by atoms with Gasteiger partial charge in [0, 0.05) is 73.7 Å². The van der Waals surface area contributed by atoms with Gasteiger partial charge in [0.2, 0.25) is 0 Å². The van der Waals surface area contributed by atoms with Gasteiger partial charge in [-0.3, -0.25) is 24.4 Å². The summed E-state index contributed by atoms with van der Waals surface area (Å²) >= 11 is 0. The van der Waals surface area contributed by atoms with Crippen molar-refractivity contribution in [1.29, 1.82) is 0 Å². The van der Waals surface area contributed by atoms with Gasteiger partial charge < -0.3 is 50.5 Å². The van der Waals surface area contributed by atoms with E-state index in [9.17, 15) is 29.7 Å². The fourth-order valence-corrected chi connectivity index (χ4v) is 10.6. The minimum absolute atomic E-state index is 0.0164. The summed E-state index contributed by atoms with van der Waals surface area (Å²) in [7, 11) is 0. The number of nitrogens with zero attached hydrogens (tertiary/aromatic N) is 4. The lowest BCUT2D eigenvalue weighted by atomic mass is 9.80. The van der Waals surface area contributed by atoms with Gasteiger partial charge in [-0.15, -0.1) is 0 Å². The maximum absolute atomic E-state index is 14.8. The van der Waals surface area contributed by atoms with Crippen LogP contribution in [0.3, 0.4) is 0 Å². The van der Waals surface area contributed by atoms with E-state index < -0.39 is 53.0 Å². The van der Waals surface area contributed by atoms with E-state index in [1.807, 2.05) is 52.0 Å². The van der Waals surface area contributed by atoms with Gasteiger partial charge in [-0.2, -0.15) is 0 Å². The normalized spacial score (nSPS) is 27.6. The monoisotopic (exact) mass is 990 g/mol. The van der Waals surface area contributed by atoms with Crippen LogP contribution in [0.2, 0.25) is 0 Å². The maximum atomic E-state index is 14.8. The second-order valence-corrected chi connectivity index (χ2v) is 21.2. The number of aliphatic hydroxyl groups excluding tert-OH is 1. The largest absolute Gasteiger partial charge is 0.507 e. The molecule has 1 amide bonds. The number of esters is 1. The van der Waals surface area contributed by atoms with E-state index in [0.29, 0.717) is 62.4 Å². The Labute approximate surface area is 423 Å². The summed E-state index contributed by atoms with van der Waals surface area (Å²) in [5, 5.41) is 40.6. The van der Waals surface area contributed by atoms with Gasteiger partial charge in [-0.25, -0.2) is 5.84 Å².